The maximum Gasteiger partial charge on any atom is 0.240 e. The van der Waals surface area contributed by atoms with Gasteiger partial charge in [-0.15, -0.1) is 0 Å². The van der Waals surface area contributed by atoms with Crippen LogP contribution >= 0.6 is 0 Å². The highest BCUT2D eigenvalue weighted by atomic mass is 19.1. The van der Waals surface area contributed by atoms with Crippen LogP contribution in [0.3, 0.4) is 0 Å². The Hall–Kier alpha value is -4.52. The lowest BCUT2D eigenvalue weighted by molar-refractivity contribution is -0.124. The van der Waals surface area contributed by atoms with Crippen LogP contribution in [0.2, 0.25) is 0 Å². The Morgan fingerprint density at radius 1 is 0.829 bits per heavy atom. The van der Waals surface area contributed by atoms with Crippen molar-refractivity contribution in [1.82, 2.24) is 5.43 Å². The predicted octanol–water partition coefficient (Wildman–Crippen LogP) is 5.43. The summed E-state index contributed by atoms with van der Waals surface area (Å²) in [5, 5.41) is 8.68. The van der Waals surface area contributed by atoms with Crippen LogP contribution in [0.25, 0.3) is 10.8 Å². The third-order valence-electron chi connectivity index (χ3n) is 5.26. The number of hydrogen-bond acceptors (Lipinski definition) is 4. The number of carbonyl (C=O) groups is 2. The molecule has 2 amide bonds. The van der Waals surface area contributed by atoms with E-state index in [1.54, 1.807) is 6.21 Å². The summed E-state index contributed by atoms with van der Waals surface area (Å²) in [5.74, 6) is -0.492. The highest BCUT2D eigenvalue weighted by molar-refractivity contribution is 6.02. The Morgan fingerprint density at radius 3 is 2.34 bits per heavy atom. The fourth-order valence-electron chi connectivity index (χ4n) is 3.48. The topological polar surface area (TPSA) is 79.8 Å². The Labute approximate surface area is 202 Å². The summed E-state index contributed by atoms with van der Waals surface area (Å²) < 4.78 is 19.0. The van der Waals surface area contributed by atoms with Crippen molar-refractivity contribution in [2.75, 3.05) is 5.32 Å². The first-order valence-corrected chi connectivity index (χ1v) is 11.1. The zero-order valence-electron chi connectivity index (χ0n) is 18.9. The molecular formula is C28H24FN3O3. The number of anilines is 1. The average Bonchev–Trinajstić information content (AvgIpc) is 2.88. The minimum absolute atomic E-state index is 0.0293. The molecule has 0 bridgehead atoms. The number of ether oxygens (including phenoxy) is 1. The van der Waals surface area contributed by atoms with Gasteiger partial charge in [-0.3, -0.25) is 9.59 Å². The fraction of sp³-hybridized carbons (Fsp3) is 0.107. The summed E-state index contributed by atoms with van der Waals surface area (Å²) in [6.45, 7) is 0.398. The average molecular weight is 470 g/mol. The number of amides is 2. The quantitative estimate of drug-likeness (QED) is 0.254. The second-order valence-corrected chi connectivity index (χ2v) is 7.82. The molecule has 4 aromatic carbocycles. The van der Waals surface area contributed by atoms with Crippen molar-refractivity contribution >= 4 is 34.5 Å². The van der Waals surface area contributed by atoms with E-state index in [-0.39, 0.29) is 24.6 Å². The number of halogens is 1. The molecule has 4 rings (SSSR count). The third-order valence-corrected chi connectivity index (χ3v) is 5.26. The van der Waals surface area contributed by atoms with E-state index in [1.165, 1.54) is 24.3 Å². The number of hydrogen-bond donors (Lipinski definition) is 2. The van der Waals surface area contributed by atoms with Crippen molar-refractivity contribution < 1.29 is 18.7 Å². The van der Waals surface area contributed by atoms with E-state index in [2.05, 4.69) is 15.8 Å². The van der Waals surface area contributed by atoms with Crippen LogP contribution in [-0.2, 0) is 16.2 Å². The molecule has 0 saturated heterocycles. The van der Waals surface area contributed by atoms with Crippen LogP contribution in [-0.4, -0.2) is 18.0 Å². The van der Waals surface area contributed by atoms with Gasteiger partial charge in [-0.25, -0.2) is 9.82 Å². The number of hydrazone groups is 1. The van der Waals surface area contributed by atoms with Gasteiger partial charge in [-0.2, -0.15) is 5.10 Å². The summed E-state index contributed by atoms with van der Waals surface area (Å²) in [6.07, 6.45) is 1.48. The normalized spacial score (nSPS) is 10.9. The van der Waals surface area contributed by atoms with E-state index in [9.17, 15) is 14.0 Å². The van der Waals surface area contributed by atoms with Crippen molar-refractivity contribution in [1.29, 1.82) is 0 Å². The molecule has 35 heavy (non-hydrogen) atoms. The molecule has 4 aromatic rings. The molecule has 0 aliphatic rings. The molecule has 6 nitrogen and oxygen atoms in total. The Bertz CT molecular complexity index is 1340. The minimum Gasteiger partial charge on any atom is -0.488 e. The monoisotopic (exact) mass is 469 g/mol. The van der Waals surface area contributed by atoms with E-state index < -0.39 is 5.91 Å². The zero-order chi connectivity index (χ0) is 24.5. The molecule has 0 fully saturated rings. The lowest BCUT2D eigenvalue weighted by atomic mass is 10.0. The first-order chi connectivity index (χ1) is 17.1. The summed E-state index contributed by atoms with van der Waals surface area (Å²) in [7, 11) is 0. The summed E-state index contributed by atoms with van der Waals surface area (Å²) in [6, 6.07) is 27.0. The molecule has 176 valence electrons. The summed E-state index contributed by atoms with van der Waals surface area (Å²) in [4.78, 5) is 24.2. The van der Waals surface area contributed by atoms with Gasteiger partial charge in [0.05, 0.1) is 6.21 Å². The Morgan fingerprint density at radius 2 is 1.54 bits per heavy atom. The van der Waals surface area contributed by atoms with Crippen molar-refractivity contribution in [3.63, 3.8) is 0 Å². The zero-order valence-corrected chi connectivity index (χ0v) is 18.9. The van der Waals surface area contributed by atoms with Crippen molar-refractivity contribution in [3.8, 4) is 5.75 Å². The largest absolute Gasteiger partial charge is 0.488 e. The van der Waals surface area contributed by atoms with Gasteiger partial charge in [-0.05, 0) is 46.7 Å². The standard InChI is InChI=1S/C28H24FN3O3/c29-22-11-13-23(14-12-22)31-27(33)16-17-28(34)32-30-18-25-24-9-5-4-8-21(24)10-15-26(25)35-19-20-6-2-1-3-7-20/h1-15,18H,16-17,19H2,(H,31,33)(H,32,34). The molecule has 0 aliphatic carbocycles. The van der Waals surface area contributed by atoms with E-state index in [0.717, 1.165) is 21.9 Å². The molecule has 2 N–H and O–H groups in total. The van der Waals surface area contributed by atoms with E-state index in [0.29, 0.717) is 18.0 Å². The van der Waals surface area contributed by atoms with Crippen LogP contribution in [0.5, 0.6) is 5.75 Å². The van der Waals surface area contributed by atoms with Gasteiger partial charge >= 0.3 is 0 Å². The number of fused-ring (bicyclic) bond motifs is 1. The highest BCUT2D eigenvalue weighted by Gasteiger charge is 2.09. The van der Waals surface area contributed by atoms with Crippen molar-refractivity contribution in [3.05, 3.63) is 108 Å². The van der Waals surface area contributed by atoms with Crippen molar-refractivity contribution in [2.45, 2.75) is 19.4 Å². The molecule has 0 aliphatic heterocycles. The molecule has 0 aromatic heterocycles. The van der Waals surface area contributed by atoms with E-state index >= 15 is 0 Å². The Kier molecular flexibility index (Phi) is 7.81. The fourth-order valence-corrected chi connectivity index (χ4v) is 3.48. The molecule has 0 radical (unpaired) electrons. The number of rotatable bonds is 9. The molecule has 0 atom stereocenters. The van der Waals surface area contributed by atoms with Crippen LogP contribution in [0.1, 0.15) is 24.0 Å². The summed E-state index contributed by atoms with van der Waals surface area (Å²) >= 11 is 0. The molecule has 7 heteroatoms. The molecular weight excluding hydrogens is 445 g/mol. The SMILES string of the molecule is O=C(CCC(=O)Nc1ccc(F)cc1)NN=Cc1c(OCc2ccccc2)ccc2ccccc12. The number of nitrogens with one attached hydrogen (secondary N) is 2. The lowest BCUT2D eigenvalue weighted by Gasteiger charge is -2.12. The smallest absolute Gasteiger partial charge is 0.240 e. The maximum atomic E-state index is 13.0. The van der Waals surface area contributed by atoms with Gasteiger partial charge in [0.25, 0.3) is 0 Å². The first-order valence-electron chi connectivity index (χ1n) is 11.1. The summed E-state index contributed by atoms with van der Waals surface area (Å²) in [5.41, 5.74) is 4.72. The van der Waals surface area contributed by atoms with Crippen LogP contribution in [0, 0.1) is 5.82 Å². The number of benzene rings is 4. The molecule has 0 spiro atoms. The van der Waals surface area contributed by atoms with Crippen LogP contribution in [0.15, 0.2) is 96.1 Å². The molecule has 0 unspecified atom stereocenters. The van der Waals surface area contributed by atoms with Gasteiger partial charge < -0.3 is 10.1 Å². The van der Waals surface area contributed by atoms with Gasteiger partial charge in [0, 0.05) is 24.1 Å². The second kappa shape index (κ2) is 11.6. The second-order valence-electron chi connectivity index (χ2n) is 7.82. The predicted molar refractivity (Wildman–Crippen MR) is 135 cm³/mol. The minimum atomic E-state index is -0.400. The molecule has 0 heterocycles. The highest BCUT2D eigenvalue weighted by Crippen LogP contribution is 2.27. The molecule has 0 saturated carbocycles. The Balaban J connectivity index is 1.38. The van der Waals surface area contributed by atoms with E-state index in [4.69, 9.17) is 4.74 Å². The van der Waals surface area contributed by atoms with Crippen LogP contribution < -0.4 is 15.5 Å². The lowest BCUT2D eigenvalue weighted by Crippen LogP contribution is -2.20. The van der Waals surface area contributed by atoms with E-state index in [1.807, 2.05) is 66.7 Å². The van der Waals surface area contributed by atoms with Crippen molar-refractivity contribution in [2.24, 2.45) is 5.10 Å². The maximum absolute atomic E-state index is 13.0. The van der Waals surface area contributed by atoms with Gasteiger partial charge in [-0.1, -0.05) is 60.7 Å². The number of carbonyl (C=O) groups excluding carboxylic acids is 2. The van der Waals surface area contributed by atoms with Crippen LogP contribution in [0.4, 0.5) is 10.1 Å². The van der Waals surface area contributed by atoms with Gasteiger partial charge in [0.1, 0.15) is 18.2 Å². The van der Waals surface area contributed by atoms with Gasteiger partial charge in [0.2, 0.25) is 11.8 Å². The first kappa shape index (κ1) is 23.6. The van der Waals surface area contributed by atoms with Gasteiger partial charge in [0.15, 0.2) is 0 Å². The number of nitrogens with zero attached hydrogens (tertiary/aromatic N) is 1. The third kappa shape index (κ3) is 6.74.